The van der Waals surface area contributed by atoms with E-state index in [1.165, 1.54) is 76.5 Å². The minimum atomic E-state index is -0.375. The van der Waals surface area contributed by atoms with Gasteiger partial charge in [0.15, 0.2) is 0 Å². The van der Waals surface area contributed by atoms with Crippen molar-refractivity contribution >= 4 is 130 Å². The molecule has 0 aliphatic rings. The zero-order chi connectivity index (χ0) is 94.1. The molecular formula is C116H116Ir4N8O8-4. The predicted molar refractivity (Wildman–Crippen MR) is 545 cm³/mol. The van der Waals surface area contributed by atoms with Gasteiger partial charge in [-0.1, -0.05) is 261 Å². The van der Waals surface area contributed by atoms with E-state index in [0.717, 1.165) is 144 Å². The van der Waals surface area contributed by atoms with E-state index in [1.807, 2.05) is 110 Å². The molecule has 0 bridgehead atoms. The van der Waals surface area contributed by atoms with E-state index in [0.29, 0.717) is 25.7 Å². The van der Waals surface area contributed by atoms with Gasteiger partial charge in [-0.25, -0.2) is 0 Å². The van der Waals surface area contributed by atoms with Crippen LogP contribution < -0.4 is 0 Å². The van der Waals surface area contributed by atoms with Crippen molar-refractivity contribution in [1.29, 1.82) is 0 Å². The van der Waals surface area contributed by atoms with Gasteiger partial charge in [-0.05, 0) is 156 Å². The number of aromatic nitrogens is 8. The quantitative estimate of drug-likeness (QED) is 0.0417. The maximum atomic E-state index is 8.56. The molecule has 4 radical (unpaired) electrons. The fraction of sp³-hybridized carbons (Fsp3) is 0.241. The van der Waals surface area contributed by atoms with Crippen LogP contribution >= 0.6 is 0 Å². The van der Waals surface area contributed by atoms with Crippen LogP contribution in [0.5, 0.6) is 0 Å². The summed E-state index contributed by atoms with van der Waals surface area (Å²) in [4.78, 5) is 39.5. The Kier molecular flexibility index (Phi) is 40.5. The molecule has 8 unspecified atom stereocenters. The molecule has 20 heteroatoms. The summed E-state index contributed by atoms with van der Waals surface area (Å²) in [5.41, 5.74) is 24.9. The zero-order valence-corrected chi connectivity index (χ0v) is 88.9. The molecule has 0 aliphatic carbocycles. The molecule has 8 atom stereocenters. The first-order valence-electron chi connectivity index (χ1n) is 45.1. The molecule has 0 saturated heterocycles. The number of aliphatic hydroxyl groups is 8. The van der Waals surface area contributed by atoms with Gasteiger partial charge in [-0.15, -0.1) is 118 Å². The van der Waals surface area contributed by atoms with Crippen LogP contribution in [0.15, 0.2) is 267 Å². The fourth-order valence-corrected chi connectivity index (χ4v) is 16.9. The Hall–Kier alpha value is -10.8. The first-order valence-corrected chi connectivity index (χ1v) is 45.1. The molecule has 0 fully saturated rings. The van der Waals surface area contributed by atoms with Crippen LogP contribution in [0.1, 0.15) is 126 Å². The van der Waals surface area contributed by atoms with E-state index in [2.05, 4.69) is 237 Å². The van der Waals surface area contributed by atoms with Gasteiger partial charge in [0.25, 0.3) is 0 Å². The van der Waals surface area contributed by atoms with Crippen molar-refractivity contribution in [2.45, 2.75) is 185 Å². The summed E-state index contributed by atoms with van der Waals surface area (Å²) >= 11 is 0. The molecule has 8 N–H and O–H groups in total. The molecule has 0 aliphatic heterocycles. The zero-order valence-electron chi connectivity index (χ0n) is 79.3. The van der Waals surface area contributed by atoms with E-state index < -0.39 is 0 Å². The van der Waals surface area contributed by atoms with E-state index >= 15 is 0 Å². The van der Waals surface area contributed by atoms with Gasteiger partial charge >= 0.3 is 0 Å². The second-order valence-corrected chi connectivity index (χ2v) is 34.8. The van der Waals surface area contributed by atoms with Crippen LogP contribution in [0.4, 0.5) is 0 Å². The molecule has 20 rings (SSSR count). The molecule has 16 nitrogen and oxygen atoms in total. The summed E-state index contributed by atoms with van der Waals surface area (Å²) in [7, 11) is 0. The molecule has 16 aromatic carbocycles. The molecule has 4 heterocycles. The molecule has 0 spiro atoms. The molecule has 708 valence electrons. The van der Waals surface area contributed by atoms with Gasteiger partial charge in [0, 0.05) is 143 Å². The number of hydrogen-bond acceptors (Lipinski definition) is 16. The third kappa shape index (κ3) is 27.2. The summed E-state index contributed by atoms with van der Waals surface area (Å²) in [6, 6.07) is 99.4. The van der Waals surface area contributed by atoms with Crippen molar-refractivity contribution in [2.24, 2.45) is 0 Å². The Labute approximate surface area is 850 Å². The van der Waals surface area contributed by atoms with Crippen LogP contribution in [0.25, 0.3) is 175 Å². The Morgan fingerprint density at radius 3 is 1.10 bits per heavy atom. The first-order chi connectivity index (χ1) is 63.4. The summed E-state index contributed by atoms with van der Waals surface area (Å²) in [5, 5.41) is 86.9. The van der Waals surface area contributed by atoms with Crippen LogP contribution in [-0.2, 0) is 80.4 Å². The summed E-state index contributed by atoms with van der Waals surface area (Å²) < 4.78 is 0. The minimum absolute atomic E-state index is 0. The van der Waals surface area contributed by atoms with E-state index in [9.17, 15) is 0 Å². The Bertz CT molecular complexity index is 7280. The molecule has 20 aromatic rings. The van der Waals surface area contributed by atoms with Crippen LogP contribution in [0, 0.1) is 79.7 Å². The van der Waals surface area contributed by atoms with Gasteiger partial charge in [0.05, 0.1) is 99.4 Å². The van der Waals surface area contributed by atoms with Crippen molar-refractivity contribution in [1.82, 2.24) is 39.9 Å². The van der Waals surface area contributed by atoms with Gasteiger partial charge in [0.2, 0.25) is 0 Å². The molecule has 4 aromatic heterocycles. The van der Waals surface area contributed by atoms with Gasteiger partial charge in [0.1, 0.15) is 0 Å². The standard InChI is InChI=1S/4C24H17N2.4C5H12O2.4Ir/c1-15-8-7-9-17(14-15)22-16(2)25-23-20-12-5-3-10-18(20)19-11-4-6-13-21(19)24(23)26-22;1-15-11-12-18-20(13-15)24-23(19-10-6-7-16(2)22(18)19)25-14-21(26-24)17-8-4-3-5-9-17;1-15-12-16(2)22-18-10-6-7-11-19(18)23-24(20(22)13-15)26-21(14-25-23)17-8-4-3-5-9-17;1-15-8-10-18-19-11-9-16(2)13-21(19)24-23(20(18)12-15)25-14-22(26-24)17-6-4-3-5-7-17;4*1-4(6)3-5(2)7;;;;/h3-11,13-14H,1-2H3;3-9,11-14H,1-2H3;3-10,12-14H,1-2H3;3-11,13-14H,1-2H3;4*4-7H,3H2,1-2H3;;;;/q4*-1;;;;;;;;. The second kappa shape index (κ2) is 50.5. The fourth-order valence-electron chi connectivity index (χ4n) is 16.9. The summed E-state index contributed by atoms with van der Waals surface area (Å²) in [5.74, 6) is 0. The molecule has 0 amide bonds. The number of aliphatic hydroxyl groups excluding tert-OH is 8. The van der Waals surface area contributed by atoms with Crippen molar-refractivity contribution in [3.8, 4) is 45.0 Å². The van der Waals surface area contributed by atoms with Gasteiger partial charge in [-0.2, -0.15) is 0 Å². The molecule has 0 saturated carbocycles. The largest absolute Gasteiger partial charge is 0.393 e. The second-order valence-electron chi connectivity index (χ2n) is 34.8. The minimum Gasteiger partial charge on any atom is -0.393 e. The number of fused-ring (bicyclic) bond motifs is 24. The maximum Gasteiger partial charge on any atom is 0.0902 e. The van der Waals surface area contributed by atoms with E-state index in [4.69, 9.17) is 80.7 Å². The maximum absolute atomic E-state index is 8.56. The van der Waals surface area contributed by atoms with Gasteiger partial charge in [-0.3, -0.25) is 24.9 Å². The van der Waals surface area contributed by atoms with Gasteiger partial charge < -0.3 is 55.8 Å². The number of rotatable bonds is 12. The monoisotopic (exact) mass is 2520 g/mol. The van der Waals surface area contributed by atoms with Crippen molar-refractivity contribution < 1.29 is 121 Å². The van der Waals surface area contributed by atoms with Crippen LogP contribution in [0.3, 0.4) is 0 Å². The third-order valence-corrected chi connectivity index (χ3v) is 22.5. The average molecular weight is 2520 g/mol. The number of nitrogens with zero attached hydrogens (tertiary/aromatic N) is 8. The third-order valence-electron chi connectivity index (χ3n) is 22.5. The molecular weight excluding hydrogens is 2400 g/mol. The van der Waals surface area contributed by atoms with Crippen molar-refractivity contribution in [3.05, 3.63) is 336 Å². The normalized spacial score (nSPS) is 12.6. The summed E-state index contributed by atoms with van der Waals surface area (Å²) in [6.45, 7) is 30.2. The molecule has 136 heavy (non-hydrogen) atoms. The Morgan fingerprint density at radius 1 is 0.250 bits per heavy atom. The number of aryl methyl sites for hydroxylation is 8. The topological polar surface area (TPSA) is 265 Å². The smallest absolute Gasteiger partial charge is 0.0902 e. The van der Waals surface area contributed by atoms with E-state index in [1.54, 1.807) is 55.4 Å². The number of hydrogen-bond donors (Lipinski definition) is 8. The van der Waals surface area contributed by atoms with Crippen LogP contribution in [-0.4, -0.2) is 130 Å². The Morgan fingerprint density at radius 2 is 0.618 bits per heavy atom. The van der Waals surface area contributed by atoms with E-state index in [-0.39, 0.29) is 129 Å². The SMILES string of the molecule is CC(O)CC(C)O.CC(O)CC(C)O.CC(O)CC(C)O.CC(O)CC(C)O.Cc1[c-]c2c(cc1)c1ccc(C)cc1c1nc(-c3ccccc3)cnc21.Cc1cc(C)c2c3ccc[c-]c3c3ncc(-c4ccccc4)nc3c2c1.Cc1ccc2c(c1)c1nc(-c3ccccc3)cnc1c1[c-]ccc(C)c12.Cc1cccc(-c2nc3c4ccccc4c4ccc[c-]c4c3nc2C)c1.[Ir].[Ir].[Ir].[Ir]. The van der Waals surface area contributed by atoms with Crippen molar-refractivity contribution in [2.75, 3.05) is 0 Å². The average Bonchev–Trinajstić information content (AvgIpc) is 0.735. The first kappa shape index (κ1) is 109. The summed E-state index contributed by atoms with van der Waals surface area (Å²) in [6.07, 6.45) is 4.50. The number of benzene rings is 16. The van der Waals surface area contributed by atoms with Crippen LogP contribution in [0.2, 0.25) is 0 Å². The Balaban J connectivity index is 0.000000184. The predicted octanol–water partition coefficient (Wildman–Crippen LogP) is 24.6. The van der Waals surface area contributed by atoms with Crippen molar-refractivity contribution in [3.63, 3.8) is 0 Å².